The molecule has 0 aromatic heterocycles. The lowest BCUT2D eigenvalue weighted by Crippen LogP contribution is -2.50. The molecule has 2 aromatic rings. The lowest BCUT2D eigenvalue weighted by Gasteiger charge is -2.36. The van der Waals surface area contributed by atoms with E-state index in [-0.39, 0.29) is 12.5 Å². The number of nitrogens with zero attached hydrogens (tertiary/aromatic N) is 2. The maximum atomic E-state index is 12.1. The number of carbonyl (C=O) groups is 2. The van der Waals surface area contributed by atoms with E-state index in [1.807, 2.05) is 41.3 Å². The van der Waals surface area contributed by atoms with Gasteiger partial charge in [-0.1, -0.05) is 35.9 Å². The Balaban J connectivity index is 1.45. The molecule has 1 heterocycles. The van der Waals surface area contributed by atoms with Crippen LogP contribution in [0.15, 0.2) is 48.5 Å². The lowest BCUT2D eigenvalue weighted by atomic mass is 10.1. The van der Waals surface area contributed by atoms with E-state index >= 15 is 0 Å². The highest BCUT2D eigenvalue weighted by Gasteiger charge is 2.21. The van der Waals surface area contributed by atoms with Crippen LogP contribution in [0.4, 0.5) is 16.2 Å². The summed E-state index contributed by atoms with van der Waals surface area (Å²) in [5, 5.41) is 5.74. The second-order valence-electron chi connectivity index (χ2n) is 6.56. The number of halogens is 1. The van der Waals surface area contributed by atoms with Crippen molar-refractivity contribution in [2.75, 3.05) is 42.9 Å². The molecule has 2 aromatic carbocycles. The Bertz CT molecular complexity index is 805. The molecular weight excluding hydrogens is 364 g/mol. The second kappa shape index (κ2) is 8.88. The van der Waals surface area contributed by atoms with Gasteiger partial charge in [0.25, 0.3) is 0 Å². The number of piperazine rings is 1. The number of urea groups is 1. The number of nitrogens with one attached hydrogen (secondary N) is 2. The molecule has 1 saturated heterocycles. The molecule has 1 fully saturated rings. The first kappa shape index (κ1) is 19.2. The molecule has 0 saturated carbocycles. The second-order valence-corrected chi connectivity index (χ2v) is 7.00. The van der Waals surface area contributed by atoms with Crippen LogP contribution < -0.4 is 15.5 Å². The Morgan fingerprint density at radius 3 is 2.44 bits per heavy atom. The summed E-state index contributed by atoms with van der Waals surface area (Å²) in [6.07, 6.45) is 0. The molecule has 0 aliphatic carbocycles. The normalized spacial score (nSPS) is 14.7. The van der Waals surface area contributed by atoms with Crippen molar-refractivity contribution in [1.29, 1.82) is 0 Å². The van der Waals surface area contributed by atoms with Crippen molar-refractivity contribution in [1.82, 2.24) is 10.2 Å². The van der Waals surface area contributed by atoms with E-state index in [1.165, 1.54) is 5.56 Å². The molecule has 1 aliphatic heterocycles. The van der Waals surface area contributed by atoms with Crippen molar-refractivity contribution in [2.24, 2.45) is 0 Å². The molecular formula is C20H23ClN4O2. The van der Waals surface area contributed by atoms with Gasteiger partial charge in [0.15, 0.2) is 0 Å². The van der Waals surface area contributed by atoms with Gasteiger partial charge in [0.2, 0.25) is 5.91 Å². The van der Waals surface area contributed by atoms with Crippen LogP contribution in [0.2, 0.25) is 5.02 Å². The first-order valence-corrected chi connectivity index (χ1v) is 9.28. The molecule has 0 spiro atoms. The third kappa shape index (κ3) is 5.45. The number of imide groups is 1. The van der Waals surface area contributed by atoms with Crippen molar-refractivity contribution in [2.45, 2.75) is 6.92 Å². The number of benzene rings is 2. The van der Waals surface area contributed by atoms with Crippen LogP contribution in [0.3, 0.4) is 0 Å². The molecule has 2 N–H and O–H groups in total. The SMILES string of the molecule is Cc1ccc(Cl)cc1N1CCN(CC(=O)NC(=O)Nc2ccccc2)CC1. The molecule has 3 rings (SSSR count). The van der Waals surface area contributed by atoms with Gasteiger partial charge in [-0.05, 0) is 36.8 Å². The fourth-order valence-corrected chi connectivity index (χ4v) is 3.29. The third-order valence-corrected chi connectivity index (χ3v) is 4.77. The van der Waals surface area contributed by atoms with Gasteiger partial charge in [0.1, 0.15) is 0 Å². The van der Waals surface area contributed by atoms with Gasteiger partial charge in [-0.2, -0.15) is 0 Å². The lowest BCUT2D eigenvalue weighted by molar-refractivity contribution is -0.121. The van der Waals surface area contributed by atoms with Crippen molar-refractivity contribution in [3.05, 3.63) is 59.1 Å². The fraction of sp³-hybridized carbons (Fsp3) is 0.300. The van der Waals surface area contributed by atoms with Gasteiger partial charge in [0, 0.05) is 42.6 Å². The standard InChI is InChI=1S/C20H23ClN4O2/c1-15-7-8-16(21)13-18(15)25-11-9-24(10-12-25)14-19(26)23-20(27)22-17-5-3-2-4-6-17/h2-8,13H,9-12,14H2,1H3,(H2,22,23,26,27). The molecule has 0 bridgehead atoms. The summed E-state index contributed by atoms with van der Waals surface area (Å²) in [7, 11) is 0. The summed E-state index contributed by atoms with van der Waals surface area (Å²) in [6.45, 7) is 5.39. The molecule has 0 unspecified atom stereocenters. The monoisotopic (exact) mass is 386 g/mol. The van der Waals surface area contributed by atoms with Crippen molar-refractivity contribution < 1.29 is 9.59 Å². The molecule has 27 heavy (non-hydrogen) atoms. The predicted octanol–water partition coefficient (Wildman–Crippen LogP) is 3.12. The number of carbonyl (C=O) groups excluding carboxylic acids is 2. The summed E-state index contributed by atoms with van der Waals surface area (Å²) in [5.74, 6) is -0.309. The Labute approximate surface area is 164 Å². The van der Waals surface area contributed by atoms with Gasteiger partial charge < -0.3 is 10.2 Å². The average Bonchev–Trinajstić information content (AvgIpc) is 2.65. The minimum atomic E-state index is -0.514. The van der Waals surface area contributed by atoms with Gasteiger partial charge in [-0.25, -0.2) is 4.79 Å². The Morgan fingerprint density at radius 2 is 1.74 bits per heavy atom. The van der Waals surface area contributed by atoms with E-state index < -0.39 is 6.03 Å². The maximum absolute atomic E-state index is 12.1. The zero-order valence-corrected chi connectivity index (χ0v) is 16.0. The van der Waals surface area contributed by atoms with E-state index in [1.54, 1.807) is 12.1 Å². The Hall–Kier alpha value is -2.57. The maximum Gasteiger partial charge on any atom is 0.325 e. The summed E-state index contributed by atoms with van der Waals surface area (Å²) in [4.78, 5) is 28.3. The number of para-hydroxylation sites is 1. The van der Waals surface area contributed by atoms with Crippen molar-refractivity contribution in [3.8, 4) is 0 Å². The van der Waals surface area contributed by atoms with Crippen LogP contribution in [0.1, 0.15) is 5.56 Å². The fourth-order valence-electron chi connectivity index (χ4n) is 3.12. The van der Waals surface area contributed by atoms with Crippen molar-refractivity contribution >= 4 is 34.9 Å². The summed E-state index contributed by atoms with van der Waals surface area (Å²) in [5.41, 5.74) is 2.96. The van der Waals surface area contributed by atoms with Crippen LogP contribution >= 0.6 is 11.6 Å². The van der Waals surface area contributed by atoms with E-state index in [0.717, 1.165) is 36.9 Å². The number of hydrogen-bond acceptors (Lipinski definition) is 4. The van der Waals surface area contributed by atoms with E-state index in [2.05, 4.69) is 22.5 Å². The molecule has 6 nitrogen and oxygen atoms in total. The third-order valence-electron chi connectivity index (χ3n) is 4.54. The minimum absolute atomic E-state index is 0.199. The summed E-state index contributed by atoms with van der Waals surface area (Å²) >= 11 is 6.11. The highest BCUT2D eigenvalue weighted by Crippen LogP contribution is 2.25. The quantitative estimate of drug-likeness (QED) is 0.847. The largest absolute Gasteiger partial charge is 0.369 e. The molecule has 0 atom stereocenters. The number of anilines is 2. The minimum Gasteiger partial charge on any atom is -0.369 e. The van der Waals surface area contributed by atoms with Gasteiger partial charge >= 0.3 is 6.03 Å². The zero-order chi connectivity index (χ0) is 19.2. The number of amides is 3. The van der Waals surface area contributed by atoms with E-state index in [4.69, 9.17) is 11.6 Å². The summed E-state index contributed by atoms with van der Waals surface area (Å²) < 4.78 is 0. The van der Waals surface area contributed by atoms with Crippen LogP contribution in [0.5, 0.6) is 0 Å². The number of aryl methyl sites for hydroxylation is 1. The Kier molecular flexibility index (Phi) is 6.32. The van der Waals surface area contributed by atoms with Gasteiger partial charge in [-0.3, -0.25) is 15.0 Å². The highest BCUT2D eigenvalue weighted by molar-refractivity contribution is 6.30. The topological polar surface area (TPSA) is 64.7 Å². The molecule has 1 aliphatic rings. The number of hydrogen-bond donors (Lipinski definition) is 2. The van der Waals surface area contributed by atoms with Gasteiger partial charge in [0.05, 0.1) is 6.54 Å². The molecule has 0 radical (unpaired) electrons. The van der Waals surface area contributed by atoms with Crippen LogP contribution in [-0.4, -0.2) is 49.6 Å². The van der Waals surface area contributed by atoms with Crippen LogP contribution in [0, 0.1) is 6.92 Å². The average molecular weight is 387 g/mol. The van der Waals surface area contributed by atoms with Crippen LogP contribution in [-0.2, 0) is 4.79 Å². The predicted molar refractivity (Wildman–Crippen MR) is 108 cm³/mol. The highest BCUT2D eigenvalue weighted by atomic mass is 35.5. The first-order chi connectivity index (χ1) is 13.0. The Morgan fingerprint density at radius 1 is 1.04 bits per heavy atom. The van der Waals surface area contributed by atoms with Gasteiger partial charge in [-0.15, -0.1) is 0 Å². The smallest absolute Gasteiger partial charge is 0.325 e. The van der Waals surface area contributed by atoms with E-state index in [0.29, 0.717) is 5.69 Å². The molecule has 7 heteroatoms. The zero-order valence-electron chi connectivity index (χ0n) is 15.2. The number of rotatable bonds is 4. The first-order valence-electron chi connectivity index (χ1n) is 8.90. The molecule has 3 amide bonds. The molecule has 142 valence electrons. The summed E-state index contributed by atoms with van der Waals surface area (Å²) in [6, 6.07) is 14.4. The van der Waals surface area contributed by atoms with Crippen molar-refractivity contribution in [3.63, 3.8) is 0 Å². The van der Waals surface area contributed by atoms with E-state index in [9.17, 15) is 9.59 Å². The van der Waals surface area contributed by atoms with Crippen LogP contribution in [0.25, 0.3) is 0 Å².